The van der Waals surface area contributed by atoms with Crippen LogP contribution in [0.2, 0.25) is 5.02 Å². The van der Waals surface area contributed by atoms with Crippen molar-refractivity contribution >= 4 is 22.5 Å². The first-order chi connectivity index (χ1) is 11.6. The third-order valence-electron chi connectivity index (χ3n) is 3.66. The van der Waals surface area contributed by atoms with Crippen LogP contribution in [-0.4, -0.2) is 27.4 Å². The van der Waals surface area contributed by atoms with E-state index in [4.69, 9.17) is 16.3 Å². The molecule has 1 heterocycles. The number of fused-ring (bicyclic) bond motifs is 1. The van der Waals surface area contributed by atoms with Gasteiger partial charge in [0, 0.05) is 5.02 Å². The van der Waals surface area contributed by atoms with Gasteiger partial charge < -0.3 is 9.84 Å². The minimum absolute atomic E-state index is 0.102. The number of aromatic nitrogens is 2. The maximum atomic E-state index is 12.4. The molecule has 0 bridgehead atoms. The summed E-state index contributed by atoms with van der Waals surface area (Å²) in [5.74, 6) is 0. The summed E-state index contributed by atoms with van der Waals surface area (Å²) in [7, 11) is 0. The molecule has 6 heteroatoms. The number of nitrogens with zero attached hydrogens (tertiary/aromatic N) is 2. The van der Waals surface area contributed by atoms with Crippen LogP contribution in [0.5, 0.6) is 0 Å². The van der Waals surface area contributed by atoms with Gasteiger partial charge in [0.25, 0.3) is 5.56 Å². The summed E-state index contributed by atoms with van der Waals surface area (Å²) in [4.78, 5) is 16.6. The molecule has 0 aliphatic heterocycles. The number of hydrogen-bond acceptors (Lipinski definition) is 4. The van der Waals surface area contributed by atoms with Crippen molar-refractivity contribution in [3.63, 3.8) is 0 Å². The maximum Gasteiger partial charge on any atom is 0.261 e. The van der Waals surface area contributed by atoms with Gasteiger partial charge in [0.15, 0.2) is 0 Å². The fourth-order valence-electron chi connectivity index (χ4n) is 2.44. The first-order valence-corrected chi connectivity index (χ1v) is 7.96. The lowest BCUT2D eigenvalue weighted by Crippen LogP contribution is -2.29. The van der Waals surface area contributed by atoms with Crippen molar-refractivity contribution in [3.8, 4) is 0 Å². The molecule has 5 nitrogen and oxygen atoms in total. The molecular weight excluding hydrogens is 328 g/mol. The van der Waals surface area contributed by atoms with Gasteiger partial charge in [-0.25, -0.2) is 4.98 Å². The van der Waals surface area contributed by atoms with Gasteiger partial charge in [-0.15, -0.1) is 0 Å². The quantitative estimate of drug-likeness (QED) is 0.746. The van der Waals surface area contributed by atoms with Crippen LogP contribution in [0, 0.1) is 0 Å². The van der Waals surface area contributed by atoms with Crippen LogP contribution in [0.1, 0.15) is 5.56 Å². The van der Waals surface area contributed by atoms with Crippen LogP contribution in [0.15, 0.2) is 59.7 Å². The normalized spacial score (nSPS) is 12.4. The Bertz CT molecular complexity index is 895. The van der Waals surface area contributed by atoms with E-state index < -0.39 is 6.10 Å². The summed E-state index contributed by atoms with van der Waals surface area (Å²) in [6.45, 7) is 0.533. The molecule has 0 aliphatic rings. The van der Waals surface area contributed by atoms with Gasteiger partial charge >= 0.3 is 0 Å². The molecule has 1 unspecified atom stereocenters. The molecule has 0 saturated carbocycles. The maximum absolute atomic E-state index is 12.4. The summed E-state index contributed by atoms with van der Waals surface area (Å²) < 4.78 is 6.89. The number of hydrogen-bond donors (Lipinski definition) is 1. The van der Waals surface area contributed by atoms with Gasteiger partial charge in [0.1, 0.15) is 0 Å². The van der Waals surface area contributed by atoms with E-state index in [0.29, 0.717) is 22.5 Å². The zero-order chi connectivity index (χ0) is 16.9. The Balaban J connectivity index is 1.61. The second kappa shape index (κ2) is 7.57. The molecule has 0 fully saturated rings. The molecule has 1 N–H and O–H groups in total. The summed E-state index contributed by atoms with van der Waals surface area (Å²) in [5.41, 5.74) is 1.32. The minimum atomic E-state index is -0.812. The smallest absolute Gasteiger partial charge is 0.261 e. The lowest BCUT2D eigenvalue weighted by atomic mass is 10.2. The monoisotopic (exact) mass is 344 g/mol. The Morgan fingerprint density at radius 3 is 2.75 bits per heavy atom. The molecule has 0 spiro atoms. The fourth-order valence-corrected chi connectivity index (χ4v) is 2.63. The summed E-state index contributed by atoms with van der Waals surface area (Å²) in [6.07, 6.45) is 0.634. The molecular formula is C18H17ClN2O3. The van der Waals surface area contributed by atoms with Crippen LogP contribution in [0.25, 0.3) is 10.9 Å². The highest BCUT2D eigenvalue weighted by Crippen LogP contribution is 2.15. The van der Waals surface area contributed by atoms with E-state index >= 15 is 0 Å². The summed E-state index contributed by atoms with van der Waals surface area (Å²) in [5, 5.41) is 11.3. The summed E-state index contributed by atoms with van der Waals surface area (Å²) in [6, 6.07) is 14.5. The Kier molecular flexibility index (Phi) is 5.25. The van der Waals surface area contributed by atoms with Gasteiger partial charge in [0.2, 0.25) is 0 Å². The van der Waals surface area contributed by atoms with Crippen LogP contribution >= 0.6 is 11.6 Å². The minimum Gasteiger partial charge on any atom is -0.389 e. The van der Waals surface area contributed by atoms with E-state index in [1.54, 1.807) is 24.3 Å². The second-order valence-corrected chi connectivity index (χ2v) is 5.89. The average Bonchev–Trinajstić information content (AvgIpc) is 2.59. The van der Waals surface area contributed by atoms with Crippen molar-refractivity contribution < 1.29 is 9.84 Å². The molecule has 24 heavy (non-hydrogen) atoms. The predicted octanol–water partition coefficient (Wildman–Crippen LogP) is 2.63. The molecule has 0 aliphatic carbocycles. The molecule has 0 radical (unpaired) electrons. The Hall–Kier alpha value is -2.21. The van der Waals surface area contributed by atoms with Crippen molar-refractivity contribution in [1.82, 2.24) is 9.55 Å². The van der Waals surface area contributed by atoms with Gasteiger partial charge in [-0.1, -0.05) is 41.9 Å². The molecule has 1 atom stereocenters. The van der Waals surface area contributed by atoms with Crippen LogP contribution < -0.4 is 5.56 Å². The molecule has 3 rings (SSSR count). The zero-order valence-corrected chi connectivity index (χ0v) is 13.7. The molecule has 1 aromatic heterocycles. The van der Waals surface area contributed by atoms with Crippen molar-refractivity contribution in [1.29, 1.82) is 0 Å². The number of rotatable bonds is 6. The number of benzene rings is 2. The van der Waals surface area contributed by atoms with Crippen molar-refractivity contribution in [3.05, 3.63) is 75.8 Å². The van der Waals surface area contributed by atoms with Gasteiger partial charge in [-0.2, -0.15) is 0 Å². The molecule has 2 aromatic carbocycles. The van der Waals surface area contributed by atoms with E-state index in [1.807, 2.05) is 24.3 Å². The first kappa shape index (κ1) is 16.6. The van der Waals surface area contributed by atoms with Gasteiger partial charge in [0.05, 0.1) is 43.1 Å². The third kappa shape index (κ3) is 3.82. The highest BCUT2D eigenvalue weighted by Gasteiger charge is 2.10. The lowest BCUT2D eigenvalue weighted by Gasteiger charge is -2.13. The van der Waals surface area contributed by atoms with Crippen molar-refractivity contribution in [2.45, 2.75) is 19.3 Å². The Labute approximate surface area is 144 Å². The van der Waals surface area contributed by atoms with Crippen LogP contribution in [0.3, 0.4) is 0 Å². The van der Waals surface area contributed by atoms with E-state index in [-0.39, 0.29) is 18.7 Å². The number of aliphatic hydroxyl groups is 1. The standard InChI is InChI=1S/C18H17ClN2O3/c19-16-7-3-1-5-13(16)10-24-11-14(22)9-21-12-20-17-8-4-2-6-15(17)18(21)23/h1-8,12,14,22H,9-11H2. The van der Waals surface area contributed by atoms with E-state index in [1.165, 1.54) is 10.9 Å². The molecule has 0 saturated heterocycles. The summed E-state index contributed by atoms with van der Waals surface area (Å²) >= 11 is 6.05. The predicted molar refractivity (Wildman–Crippen MR) is 93.1 cm³/mol. The number of halogens is 1. The Morgan fingerprint density at radius 1 is 1.17 bits per heavy atom. The lowest BCUT2D eigenvalue weighted by molar-refractivity contribution is 0.0198. The molecule has 124 valence electrons. The Morgan fingerprint density at radius 2 is 1.92 bits per heavy atom. The SMILES string of the molecule is O=c1c2ccccc2ncn1CC(O)COCc1ccccc1Cl. The van der Waals surface area contributed by atoms with E-state index in [0.717, 1.165) is 5.56 Å². The van der Waals surface area contributed by atoms with Crippen LogP contribution in [-0.2, 0) is 17.9 Å². The van der Waals surface area contributed by atoms with Crippen LogP contribution in [0.4, 0.5) is 0 Å². The van der Waals surface area contributed by atoms with E-state index in [2.05, 4.69) is 4.98 Å². The van der Waals surface area contributed by atoms with Crippen molar-refractivity contribution in [2.75, 3.05) is 6.61 Å². The highest BCUT2D eigenvalue weighted by molar-refractivity contribution is 6.31. The second-order valence-electron chi connectivity index (χ2n) is 5.48. The zero-order valence-electron chi connectivity index (χ0n) is 12.9. The third-order valence-corrected chi connectivity index (χ3v) is 4.03. The van der Waals surface area contributed by atoms with E-state index in [9.17, 15) is 9.90 Å². The van der Waals surface area contributed by atoms with Crippen molar-refractivity contribution in [2.24, 2.45) is 0 Å². The van der Waals surface area contributed by atoms with Gasteiger partial charge in [-0.3, -0.25) is 9.36 Å². The average molecular weight is 345 g/mol. The van der Waals surface area contributed by atoms with Gasteiger partial charge in [-0.05, 0) is 23.8 Å². The largest absolute Gasteiger partial charge is 0.389 e. The number of ether oxygens (including phenoxy) is 1. The molecule has 3 aromatic rings. The number of para-hydroxylation sites is 1. The topological polar surface area (TPSA) is 64.4 Å². The highest BCUT2D eigenvalue weighted by atomic mass is 35.5. The first-order valence-electron chi connectivity index (χ1n) is 7.58. The fraction of sp³-hybridized carbons (Fsp3) is 0.222. The number of aliphatic hydroxyl groups excluding tert-OH is 1. The molecule has 0 amide bonds.